The van der Waals surface area contributed by atoms with E-state index < -0.39 is 0 Å². The molecule has 1 amide bonds. The first kappa shape index (κ1) is 12.2. The summed E-state index contributed by atoms with van der Waals surface area (Å²) in [4.78, 5) is 15.0. The lowest BCUT2D eigenvalue weighted by Gasteiger charge is -2.27. The smallest absolute Gasteiger partial charge is 0.227 e. The number of amides is 1. The van der Waals surface area contributed by atoms with Gasteiger partial charge in [-0.25, -0.2) is 0 Å². The second-order valence-electron chi connectivity index (χ2n) is 4.60. The zero-order valence-corrected chi connectivity index (χ0v) is 11.3. The Balaban J connectivity index is 1.67. The molecule has 1 aromatic heterocycles. The number of hydrogen-bond donors (Lipinski definition) is 1. The standard InChI is InChI=1S/C13H14N4OS/c18-13(7-10-1-3-11(19)4-2-10)16-5-6-17-9-14-15-12(17)8-16/h1-4,9,19H,5-8H2. The topological polar surface area (TPSA) is 51.0 Å². The number of fused-ring (bicyclic) bond motifs is 1. The van der Waals surface area contributed by atoms with Crippen LogP contribution >= 0.6 is 12.6 Å². The predicted molar refractivity (Wildman–Crippen MR) is 72.8 cm³/mol. The summed E-state index contributed by atoms with van der Waals surface area (Å²) >= 11 is 4.23. The van der Waals surface area contributed by atoms with Crippen molar-refractivity contribution in [3.63, 3.8) is 0 Å². The van der Waals surface area contributed by atoms with E-state index in [1.54, 1.807) is 6.33 Å². The number of aromatic nitrogens is 3. The molecule has 0 fully saturated rings. The summed E-state index contributed by atoms with van der Waals surface area (Å²) in [6, 6.07) is 7.68. The van der Waals surface area contributed by atoms with E-state index in [4.69, 9.17) is 0 Å². The highest BCUT2D eigenvalue weighted by Crippen LogP contribution is 2.13. The molecular formula is C13H14N4OS. The highest BCUT2D eigenvalue weighted by molar-refractivity contribution is 7.80. The van der Waals surface area contributed by atoms with Gasteiger partial charge in [0.05, 0.1) is 13.0 Å². The van der Waals surface area contributed by atoms with E-state index in [9.17, 15) is 4.79 Å². The van der Waals surface area contributed by atoms with Crippen molar-refractivity contribution in [1.82, 2.24) is 19.7 Å². The van der Waals surface area contributed by atoms with Gasteiger partial charge in [0.25, 0.3) is 0 Å². The van der Waals surface area contributed by atoms with E-state index in [0.29, 0.717) is 19.5 Å². The average Bonchev–Trinajstić information content (AvgIpc) is 2.88. The number of nitrogens with zero attached hydrogens (tertiary/aromatic N) is 4. The van der Waals surface area contributed by atoms with E-state index in [0.717, 1.165) is 22.8 Å². The number of thiol groups is 1. The van der Waals surface area contributed by atoms with Crippen LogP contribution in [-0.2, 0) is 24.3 Å². The predicted octanol–water partition coefficient (Wildman–Crippen LogP) is 1.15. The minimum absolute atomic E-state index is 0.126. The molecule has 2 aromatic rings. The molecule has 0 aliphatic carbocycles. The monoisotopic (exact) mass is 274 g/mol. The summed E-state index contributed by atoms with van der Waals surface area (Å²) in [6.45, 7) is 2.03. The molecule has 1 aliphatic rings. The van der Waals surface area contributed by atoms with Gasteiger partial charge in [-0.05, 0) is 17.7 Å². The molecule has 0 saturated carbocycles. The van der Waals surface area contributed by atoms with E-state index in [1.165, 1.54) is 0 Å². The van der Waals surface area contributed by atoms with Crippen LogP contribution in [0.15, 0.2) is 35.5 Å². The normalized spacial score (nSPS) is 14.3. The first-order chi connectivity index (χ1) is 9.22. The Morgan fingerprint density at radius 3 is 2.84 bits per heavy atom. The summed E-state index contributed by atoms with van der Waals surface area (Å²) in [7, 11) is 0. The second-order valence-corrected chi connectivity index (χ2v) is 5.12. The summed E-state index contributed by atoms with van der Waals surface area (Å²) < 4.78 is 1.99. The first-order valence-corrected chi connectivity index (χ1v) is 6.59. The van der Waals surface area contributed by atoms with E-state index in [1.807, 2.05) is 33.7 Å². The molecule has 1 aliphatic heterocycles. The number of rotatable bonds is 2. The molecule has 0 radical (unpaired) electrons. The van der Waals surface area contributed by atoms with E-state index in [2.05, 4.69) is 22.8 Å². The SMILES string of the molecule is O=C(Cc1ccc(S)cc1)N1CCn2cnnc2C1. The zero-order valence-electron chi connectivity index (χ0n) is 10.4. The molecule has 0 saturated heterocycles. The van der Waals surface area contributed by atoms with Crippen molar-refractivity contribution < 1.29 is 4.79 Å². The van der Waals surface area contributed by atoms with Crippen molar-refractivity contribution in [2.24, 2.45) is 0 Å². The maximum Gasteiger partial charge on any atom is 0.227 e. The van der Waals surface area contributed by atoms with Crippen LogP contribution in [0.2, 0.25) is 0 Å². The average molecular weight is 274 g/mol. The molecule has 0 unspecified atom stereocenters. The molecule has 5 nitrogen and oxygen atoms in total. The van der Waals surface area contributed by atoms with Gasteiger partial charge in [-0.2, -0.15) is 0 Å². The third-order valence-corrected chi connectivity index (χ3v) is 3.58. The lowest BCUT2D eigenvalue weighted by Crippen LogP contribution is -2.39. The van der Waals surface area contributed by atoms with Gasteiger partial charge in [-0.15, -0.1) is 22.8 Å². The van der Waals surface area contributed by atoms with Crippen molar-refractivity contribution in [3.8, 4) is 0 Å². The Bertz CT molecular complexity index is 593. The van der Waals surface area contributed by atoms with Crippen LogP contribution in [0.4, 0.5) is 0 Å². The molecule has 6 heteroatoms. The largest absolute Gasteiger partial charge is 0.333 e. The van der Waals surface area contributed by atoms with Gasteiger partial charge in [0.1, 0.15) is 6.33 Å². The number of carbonyl (C=O) groups is 1. The summed E-state index contributed by atoms with van der Waals surface area (Å²) in [5.74, 6) is 0.978. The fourth-order valence-corrected chi connectivity index (χ4v) is 2.33. The van der Waals surface area contributed by atoms with Gasteiger partial charge >= 0.3 is 0 Å². The van der Waals surface area contributed by atoms with Crippen LogP contribution in [0, 0.1) is 0 Å². The van der Waals surface area contributed by atoms with Crippen LogP contribution in [0.25, 0.3) is 0 Å². The molecular weight excluding hydrogens is 260 g/mol. The van der Waals surface area contributed by atoms with Crippen molar-refractivity contribution in [2.45, 2.75) is 24.4 Å². The van der Waals surface area contributed by atoms with Gasteiger partial charge in [0.15, 0.2) is 5.82 Å². The van der Waals surface area contributed by atoms with Crippen LogP contribution in [0.3, 0.4) is 0 Å². The van der Waals surface area contributed by atoms with Gasteiger partial charge in [-0.1, -0.05) is 12.1 Å². The fraction of sp³-hybridized carbons (Fsp3) is 0.308. The van der Waals surface area contributed by atoms with Crippen LogP contribution < -0.4 is 0 Å². The number of hydrogen-bond acceptors (Lipinski definition) is 4. The molecule has 98 valence electrons. The van der Waals surface area contributed by atoms with Gasteiger partial charge in [-0.3, -0.25) is 4.79 Å². The number of carbonyl (C=O) groups excluding carboxylic acids is 1. The van der Waals surface area contributed by atoms with Gasteiger partial charge in [0.2, 0.25) is 5.91 Å². The van der Waals surface area contributed by atoms with Crippen molar-refractivity contribution in [2.75, 3.05) is 6.54 Å². The molecule has 3 rings (SSSR count). The Kier molecular flexibility index (Phi) is 3.25. The summed E-state index contributed by atoms with van der Waals surface area (Å²) in [6.07, 6.45) is 2.13. The molecule has 19 heavy (non-hydrogen) atoms. The Hall–Kier alpha value is -1.82. The highest BCUT2D eigenvalue weighted by Gasteiger charge is 2.21. The number of benzene rings is 1. The van der Waals surface area contributed by atoms with Gasteiger partial charge < -0.3 is 9.47 Å². The Morgan fingerprint density at radius 2 is 2.05 bits per heavy atom. The molecule has 2 heterocycles. The molecule has 0 bridgehead atoms. The minimum Gasteiger partial charge on any atom is -0.333 e. The molecule has 0 atom stereocenters. The fourth-order valence-electron chi connectivity index (χ4n) is 2.18. The van der Waals surface area contributed by atoms with Crippen molar-refractivity contribution >= 4 is 18.5 Å². The Labute approximate surface area is 116 Å². The maximum atomic E-state index is 12.2. The lowest BCUT2D eigenvalue weighted by molar-refractivity contribution is -0.132. The summed E-state index contributed by atoms with van der Waals surface area (Å²) in [5.41, 5.74) is 1.01. The molecule has 1 aromatic carbocycles. The summed E-state index contributed by atoms with van der Waals surface area (Å²) in [5, 5.41) is 7.87. The third-order valence-electron chi connectivity index (χ3n) is 3.28. The lowest BCUT2D eigenvalue weighted by atomic mass is 10.1. The van der Waals surface area contributed by atoms with Crippen molar-refractivity contribution in [1.29, 1.82) is 0 Å². The minimum atomic E-state index is 0.126. The third kappa shape index (κ3) is 2.63. The maximum absolute atomic E-state index is 12.2. The highest BCUT2D eigenvalue weighted by atomic mass is 32.1. The Morgan fingerprint density at radius 1 is 1.26 bits per heavy atom. The second kappa shape index (κ2) is 5.05. The van der Waals surface area contributed by atoms with Gasteiger partial charge in [0, 0.05) is 18.0 Å². The quantitative estimate of drug-likeness (QED) is 0.836. The van der Waals surface area contributed by atoms with Crippen LogP contribution in [-0.4, -0.2) is 32.1 Å². The van der Waals surface area contributed by atoms with Crippen LogP contribution in [0.5, 0.6) is 0 Å². The van der Waals surface area contributed by atoms with E-state index in [-0.39, 0.29) is 5.91 Å². The van der Waals surface area contributed by atoms with E-state index >= 15 is 0 Å². The molecule has 0 spiro atoms. The zero-order chi connectivity index (χ0) is 13.2. The van der Waals surface area contributed by atoms with Crippen LogP contribution in [0.1, 0.15) is 11.4 Å². The molecule has 0 N–H and O–H groups in total. The first-order valence-electron chi connectivity index (χ1n) is 6.15. The van der Waals surface area contributed by atoms with Crippen molar-refractivity contribution in [3.05, 3.63) is 42.0 Å².